The first-order chi connectivity index (χ1) is 13.6. The number of rotatable bonds is 4. The third-order valence-corrected chi connectivity index (χ3v) is 4.79. The predicted molar refractivity (Wildman–Crippen MR) is 102 cm³/mol. The maximum atomic E-state index is 12.9. The van der Waals surface area contributed by atoms with Crippen molar-refractivity contribution in [2.75, 3.05) is 6.54 Å². The molecule has 0 aromatic heterocycles. The molecule has 0 radical (unpaired) electrons. The number of aliphatic hydroxyl groups is 1. The average Bonchev–Trinajstić information content (AvgIpc) is 2.93. The molecule has 1 atom stereocenters. The molecule has 1 fully saturated rings. The van der Waals surface area contributed by atoms with E-state index in [1.165, 1.54) is 42.5 Å². The van der Waals surface area contributed by atoms with Crippen LogP contribution in [0, 0.1) is 0 Å². The second kappa shape index (κ2) is 7.75. The van der Waals surface area contributed by atoms with Crippen molar-refractivity contribution < 1.29 is 27.9 Å². The van der Waals surface area contributed by atoms with Crippen molar-refractivity contribution in [3.05, 3.63) is 88.5 Å². The molecule has 0 bridgehead atoms. The zero-order chi connectivity index (χ0) is 21.3. The number of Topliss-reactive ketones (excluding diaryl/α,β-unsaturated/α-hetero) is 1. The molecule has 150 valence electrons. The summed E-state index contributed by atoms with van der Waals surface area (Å²) in [5.74, 6) is -2.23. The molecule has 1 N–H and O–H groups in total. The van der Waals surface area contributed by atoms with Gasteiger partial charge in [-0.05, 0) is 42.0 Å². The van der Waals surface area contributed by atoms with Crippen molar-refractivity contribution in [2.45, 2.75) is 12.2 Å². The van der Waals surface area contributed by atoms with E-state index >= 15 is 0 Å². The minimum atomic E-state index is -4.52. The smallest absolute Gasteiger partial charge is 0.416 e. The Morgan fingerprint density at radius 1 is 1.10 bits per heavy atom. The molecule has 2 aromatic carbocycles. The quantitative estimate of drug-likeness (QED) is 0.328. The summed E-state index contributed by atoms with van der Waals surface area (Å²) in [6.45, 7) is 3.53. The van der Waals surface area contributed by atoms with Gasteiger partial charge in [-0.15, -0.1) is 6.58 Å². The van der Waals surface area contributed by atoms with Crippen LogP contribution in [0.5, 0.6) is 0 Å². The largest absolute Gasteiger partial charge is 0.507 e. The molecule has 29 heavy (non-hydrogen) atoms. The van der Waals surface area contributed by atoms with Gasteiger partial charge in [0.25, 0.3) is 11.7 Å². The summed E-state index contributed by atoms with van der Waals surface area (Å²) in [7, 11) is 0. The van der Waals surface area contributed by atoms with Crippen LogP contribution in [0.4, 0.5) is 13.2 Å². The van der Waals surface area contributed by atoms with E-state index in [0.29, 0.717) is 5.02 Å². The molecule has 1 heterocycles. The molecule has 0 spiro atoms. The average molecular weight is 422 g/mol. The van der Waals surface area contributed by atoms with E-state index in [0.717, 1.165) is 17.0 Å². The number of amides is 1. The Balaban J connectivity index is 2.16. The highest BCUT2D eigenvalue weighted by atomic mass is 35.5. The Labute approximate surface area is 169 Å². The first-order valence-corrected chi connectivity index (χ1v) is 8.85. The molecule has 1 unspecified atom stereocenters. The van der Waals surface area contributed by atoms with Gasteiger partial charge in [0.1, 0.15) is 5.76 Å². The highest BCUT2D eigenvalue weighted by molar-refractivity contribution is 6.46. The fourth-order valence-corrected chi connectivity index (χ4v) is 3.30. The third-order valence-electron chi connectivity index (χ3n) is 4.54. The molecular weight excluding hydrogens is 407 g/mol. The molecule has 1 aliphatic heterocycles. The lowest BCUT2D eigenvalue weighted by atomic mass is 9.94. The molecule has 1 saturated heterocycles. The van der Waals surface area contributed by atoms with Gasteiger partial charge in [0.2, 0.25) is 0 Å². The second-order valence-electron chi connectivity index (χ2n) is 6.37. The number of hydrogen-bond acceptors (Lipinski definition) is 3. The number of carbonyl (C=O) groups is 2. The number of alkyl halides is 3. The van der Waals surface area contributed by atoms with Crippen molar-refractivity contribution in [2.24, 2.45) is 0 Å². The Morgan fingerprint density at radius 3 is 2.21 bits per heavy atom. The topological polar surface area (TPSA) is 57.6 Å². The van der Waals surface area contributed by atoms with Gasteiger partial charge in [-0.25, -0.2) is 0 Å². The summed E-state index contributed by atoms with van der Waals surface area (Å²) in [6.07, 6.45) is -3.13. The second-order valence-corrected chi connectivity index (χ2v) is 6.80. The van der Waals surface area contributed by atoms with E-state index in [4.69, 9.17) is 11.6 Å². The first-order valence-electron chi connectivity index (χ1n) is 8.47. The van der Waals surface area contributed by atoms with E-state index in [2.05, 4.69) is 6.58 Å². The van der Waals surface area contributed by atoms with Crippen LogP contribution < -0.4 is 0 Å². The number of benzene rings is 2. The lowest BCUT2D eigenvalue weighted by Gasteiger charge is -2.24. The molecule has 0 saturated carbocycles. The lowest BCUT2D eigenvalue weighted by Crippen LogP contribution is -2.29. The van der Waals surface area contributed by atoms with E-state index in [-0.39, 0.29) is 23.2 Å². The summed E-state index contributed by atoms with van der Waals surface area (Å²) in [4.78, 5) is 26.3. The van der Waals surface area contributed by atoms with Gasteiger partial charge >= 0.3 is 6.18 Å². The highest BCUT2D eigenvalue weighted by Gasteiger charge is 2.45. The Hall–Kier alpha value is -3.06. The minimum absolute atomic E-state index is 0.0202. The van der Waals surface area contributed by atoms with Crippen LogP contribution in [-0.4, -0.2) is 28.2 Å². The van der Waals surface area contributed by atoms with E-state index in [1.807, 2.05) is 0 Å². The highest BCUT2D eigenvalue weighted by Crippen LogP contribution is 2.40. The van der Waals surface area contributed by atoms with Crippen molar-refractivity contribution in [3.63, 3.8) is 0 Å². The molecule has 3 rings (SSSR count). The van der Waals surface area contributed by atoms with Gasteiger partial charge < -0.3 is 10.0 Å². The Bertz CT molecular complexity index is 995. The SMILES string of the molecule is C=CCN1C(=O)C(=O)/C(=C(/O)c2ccc(Cl)cc2)C1c1ccc(C(F)(F)F)cc1. The zero-order valence-electron chi connectivity index (χ0n) is 14.9. The predicted octanol–water partition coefficient (Wildman–Crippen LogP) is 4.97. The summed E-state index contributed by atoms with van der Waals surface area (Å²) in [6, 6.07) is 9.01. The molecule has 0 aliphatic carbocycles. The van der Waals surface area contributed by atoms with Crippen LogP contribution in [-0.2, 0) is 15.8 Å². The molecule has 2 aromatic rings. The molecule has 4 nitrogen and oxygen atoms in total. The minimum Gasteiger partial charge on any atom is -0.507 e. The normalized spacial score (nSPS) is 18.9. The van der Waals surface area contributed by atoms with Gasteiger partial charge in [-0.3, -0.25) is 9.59 Å². The van der Waals surface area contributed by atoms with Gasteiger partial charge in [0, 0.05) is 17.1 Å². The maximum Gasteiger partial charge on any atom is 0.416 e. The van der Waals surface area contributed by atoms with Gasteiger partial charge in [-0.1, -0.05) is 29.8 Å². The van der Waals surface area contributed by atoms with Gasteiger partial charge in [0.15, 0.2) is 0 Å². The number of carbonyl (C=O) groups excluding carboxylic acids is 2. The maximum absolute atomic E-state index is 12.9. The van der Waals surface area contributed by atoms with Gasteiger partial charge in [0.05, 0.1) is 17.2 Å². The number of hydrogen-bond donors (Lipinski definition) is 1. The number of halogens is 4. The van der Waals surface area contributed by atoms with Crippen LogP contribution in [0.2, 0.25) is 5.02 Å². The van der Waals surface area contributed by atoms with Crippen LogP contribution >= 0.6 is 11.6 Å². The van der Waals surface area contributed by atoms with E-state index in [1.54, 1.807) is 0 Å². The van der Waals surface area contributed by atoms with Crippen molar-refractivity contribution in [1.29, 1.82) is 0 Å². The van der Waals surface area contributed by atoms with Crippen LogP contribution in [0.15, 0.2) is 66.8 Å². The van der Waals surface area contributed by atoms with Gasteiger partial charge in [-0.2, -0.15) is 13.2 Å². The van der Waals surface area contributed by atoms with E-state index < -0.39 is 35.2 Å². The van der Waals surface area contributed by atoms with E-state index in [9.17, 15) is 27.9 Å². The Kier molecular flexibility index (Phi) is 5.53. The number of nitrogens with zero attached hydrogens (tertiary/aromatic N) is 1. The van der Waals surface area contributed by atoms with Crippen LogP contribution in [0.1, 0.15) is 22.7 Å². The molecule has 1 amide bonds. The van der Waals surface area contributed by atoms with Crippen LogP contribution in [0.25, 0.3) is 5.76 Å². The Morgan fingerprint density at radius 2 is 1.69 bits per heavy atom. The number of likely N-dealkylation sites (tertiary alicyclic amines) is 1. The number of aliphatic hydroxyl groups excluding tert-OH is 1. The monoisotopic (exact) mass is 421 g/mol. The fourth-order valence-electron chi connectivity index (χ4n) is 3.17. The van der Waals surface area contributed by atoms with Crippen molar-refractivity contribution in [1.82, 2.24) is 4.90 Å². The first kappa shape index (κ1) is 20.7. The summed E-state index contributed by atoms with van der Waals surface area (Å²) in [5.41, 5.74) is -0.559. The van der Waals surface area contributed by atoms with Crippen molar-refractivity contribution in [3.8, 4) is 0 Å². The lowest BCUT2D eigenvalue weighted by molar-refractivity contribution is -0.139. The third kappa shape index (κ3) is 3.91. The zero-order valence-corrected chi connectivity index (χ0v) is 15.7. The summed E-state index contributed by atoms with van der Waals surface area (Å²) in [5, 5.41) is 11.1. The number of ketones is 1. The van der Waals surface area contributed by atoms with Crippen molar-refractivity contribution >= 4 is 29.1 Å². The molecule has 8 heteroatoms. The molecule has 1 aliphatic rings. The van der Waals surface area contributed by atoms with Crippen LogP contribution in [0.3, 0.4) is 0 Å². The molecular formula is C21H15ClF3NO3. The fraction of sp³-hybridized carbons (Fsp3) is 0.143. The summed E-state index contributed by atoms with van der Waals surface area (Å²) < 4.78 is 38.7. The summed E-state index contributed by atoms with van der Waals surface area (Å²) >= 11 is 5.84. The standard InChI is InChI=1S/C21H15ClF3NO3/c1-2-11-26-17(12-3-7-14(8-4-12)21(23,24)25)16(19(28)20(26)29)18(27)13-5-9-15(22)10-6-13/h2-10,17,27H,1,11H2/b18-16+.